The Hall–Kier alpha value is -3.02. The second-order valence-electron chi connectivity index (χ2n) is 5.57. The molecule has 0 atom stereocenters. The molecule has 0 radical (unpaired) electrons. The number of fused-ring (bicyclic) bond motifs is 3. The van der Waals surface area contributed by atoms with Crippen molar-refractivity contribution >= 4 is 61.3 Å². The topological polar surface area (TPSA) is 132 Å². The van der Waals surface area contributed by atoms with Crippen molar-refractivity contribution in [1.29, 1.82) is 0 Å². The lowest BCUT2D eigenvalue weighted by Crippen LogP contribution is -2.17. The fraction of sp³-hybridized carbons (Fsp3) is 0. The van der Waals surface area contributed by atoms with Gasteiger partial charge in [0.15, 0.2) is 5.65 Å². The van der Waals surface area contributed by atoms with Gasteiger partial charge in [-0.25, -0.2) is 0 Å². The summed E-state index contributed by atoms with van der Waals surface area (Å²) in [6.45, 7) is 0. The lowest BCUT2D eigenvalue weighted by molar-refractivity contribution is -0.383. The fourth-order valence-electron chi connectivity index (χ4n) is 2.67. The maximum Gasteiger partial charge on any atom is 0.311 e. The molecule has 0 saturated heterocycles. The molecule has 4 rings (SSSR count). The number of nitro groups is 1. The first-order valence-corrected chi connectivity index (χ1v) is 9.77. The van der Waals surface area contributed by atoms with Crippen LogP contribution in [0.25, 0.3) is 16.7 Å². The number of hydrogen-bond acceptors (Lipinski definition) is 7. The average Bonchev–Trinajstić information content (AvgIpc) is 3.06. The Kier molecular flexibility index (Phi) is 4.29. The summed E-state index contributed by atoms with van der Waals surface area (Å²) in [5, 5.41) is 18.1. The third-order valence-corrected chi connectivity index (χ3v) is 5.54. The largest absolute Gasteiger partial charge is 0.311 e. The Bertz CT molecular complexity index is 1370. The highest BCUT2D eigenvalue weighted by atomic mass is 35.5. The van der Waals surface area contributed by atoms with Crippen molar-refractivity contribution in [2.45, 2.75) is 5.16 Å². The molecule has 4 aromatic rings. The molecule has 0 unspecified atom stereocenters. The number of nitro benzene ring substituents is 1. The lowest BCUT2D eigenvalue weighted by atomic mass is 10.3. The zero-order valence-corrected chi connectivity index (χ0v) is 15.9. The molecular formula is C15H8Cl2N6O4S. The first-order valence-electron chi connectivity index (χ1n) is 7.53. The number of rotatable bonds is 4. The Balaban J connectivity index is 1.92. The van der Waals surface area contributed by atoms with E-state index in [9.17, 15) is 18.5 Å². The highest BCUT2D eigenvalue weighted by Crippen LogP contribution is 2.37. The average molecular weight is 439 g/mol. The Morgan fingerprint density at radius 1 is 1.14 bits per heavy atom. The van der Waals surface area contributed by atoms with E-state index in [2.05, 4.69) is 19.9 Å². The first-order chi connectivity index (χ1) is 13.3. The number of nitrogens with zero attached hydrogens (tertiary/aromatic N) is 5. The third-order valence-electron chi connectivity index (χ3n) is 3.80. The minimum absolute atomic E-state index is 0.0223. The molecule has 10 nitrogen and oxygen atoms in total. The van der Waals surface area contributed by atoms with E-state index in [0.29, 0.717) is 11.0 Å². The summed E-state index contributed by atoms with van der Waals surface area (Å²) in [6.07, 6.45) is 1.37. The minimum Gasteiger partial charge on any atom is -0.270 e. The van der Waals surface area contributed by atoms with Crippen molar-refractivity contribution in [3.05, 3.63) is 62.8 Å². The highest BCUT2D eigenvalue weighted by Gasteiger charge is 2.28. The van der Waals surface area contributed by atoms with Crippen molar-refractivity contribution in [1.82, 2.24) is 19.6 Å². The van der Waals surface area contributed by atoms with E-state index in [1.165, 1.54) is 10.6 Å². The number of benzene rings is 2. The van der Waals surface area contributed by atoms with Gasteiger partial charge >= 0.3 is 5.69 Å². The van der Waals surface area contributed by atoms with Crippen LogP contribution in [-0.2, 0) is 10.0 Å². The van der Waals surface area contributed by atoms with Gasteiger partial charge in [0.25, 0.3) is 15.2 Å². The van der Waals surface area contributed by atoms with E-state index in [-0.39, 0.29) is 15.7 Å². The lowest BCUT2D eigenvalue weighted by Gasteiger charge is -2.09. The van der Waals surface area contributed by atoms with Gasteiger partial charge in [-0.1, -0.05) is 35.3 Å². The summed E-state index contributed by atoms with van der Waals surface area (Å²) >= 11 is 11.7. The first kappa shape index (κ1) is 18.3. The van der Waals surface area contributed by atoms with Gasteiger partial charge in [-0.05, 0) is 24.3 Å². The number of aromatic nitrogens is 4. The molecule has 0 spiro atoms. The van der Waals surface area contributed by atoms with Crippen LogP contribution in [0, 0.1) is 10.1 Å². The van der Waals surface area contributed by atoms with Crippen molar-refractivity contribution < 1.29 is 13.3 Å². The van der Waals surface area contributed by atoms with Gasteiger partial charge in [0.1, 0.15) is 10.7 Å². The van der Waals surface area contributed by atoms with Crippen molar-refractivity contribution in [2.75, 3.05) is 4.72 Å². The summed E-state index contributed by atoms with van der Waals surface area (Å²) in [6, 6.07) is 9.03. The van der Waals surface area contributed by atoms with E-state index in [1.54, 1.807) is 24.3 Å². The third kappa shape index (κ3) is 2.99. The van der Waals surface area contributed by atoms with Gasteiger partial charge in [-0.3, -0.25) is 24.2 Å². The Morgan fingerprint density at radius 2 is 1.89 bits per heavy atom. The molecule has 13 heteroatoms. The minimum atomic E-state index is -4.39. The van der Waals surface area contributed by atoms with Crippen molar-refractivity contribution in [2.24, 2.45) is 0 Å². The monoisotopic (exact) mass is 438 g/mol. The predicted molar refractivity (Wildman–Crippen MR) is 102 cm³/mol. The van der Waals surface area contributed by atoms with Gasteiger partial charge in [0, 0.05) is 5.02 Å². The molecule has 1 N–H and O–H groups in total. The van der Waals surface area contributed by atoms with Crippen LogP contribution in [0.2, 0.25) is 10.0 Å². The smallest absolute Gasteiger partial charge is 0.270 e. The second kappa shape index (κ2) is 6.55. The molecule has 0 aliphatic heterocycles. The molecule has 2 aromatic heterocycles. The normalized spacial score (nSPS) is 11.8. The summed E-state index contributed by atoms with van der Waals surface area (Å²) in [7, 11) is -4.39. The Morgan fingerprint density at radius 3 is 2.64 bits per heavy atom. The summed E-state index contributed by atoms with van der Waals surface area (Å²) in [5.74, 6) is 0. The fourth-order valence-corrected chi connectivity index (χ4v) is 4.35. The number of hydrogen-bond donors (Lipinski definition) is 1. The number of anilines is 1. The zero-order chi connectivity index (χ0) is 20.1. The number of sulfonamides is 1. The van der Waals surface area contributed by atoms with Crippen LogP contribution in [-0.4, -0.2) is 32.9 Å². The number of para-hydroxylation sites is 2. The van der Waals surface area contributed by atoms with E-state index in [0.717, 1.165) is 12.1 Å². The van der Waals surface area contributed by atoms with E-state index in [1.807, 2.05) is 0 Å². The molecule has 2 aromatic carbocycles. The van der Waals surface area contributed by atoms with Crippen LogP contribution in [0.4, 0.5) is 11.4 Å². The van der Waals surface area contributed by atoms with Gasteiger partial charge in [0.05, 0.1) is 22.2 Å². The standard InChI is InChI=1S/C15H8Cl2N6O4S/c16-8-5-9(17)14(23(24)25)11(6-8)21-28(26,27)15-20-19-13-7-18-10-3-1-2-4-12(10)22(13)15/h1-7,21H. The van der Waals surface area contributed by atoms with Gasteiger partial charge < -0.3 is 0 Å². The van der Waals surface area contributed by atoms with Gasteiger partial charge in [-0.15, -0.1) is 10.2 Å². The van der Waals surface area contributed by atoms with Gasteiger partial charge in [-0.2, -0.15) is 8.42 Å². The number of halogens is 2. The quantitative estimate of drug-likeness (QED) is 0.381. The van der Waals surface area contributed by atoms with Crippen LogP contribution in [0.3, 0.4) is 0 Å². The number of nitrogens with one attached hydrogen (secondary N) is 1. The highest BCUT2D eigenvalue weighted by molar-refractivity contribution is 7.92. The van der Waals surface area contributed by atoms with Crippen LogP contribution < -0.4 is 4.72 Å². The molecule has 0 bridgehead atoms. The molecule has 28 heavy (non-hydrogen) atoms. The predicted octanol–water partition coefficient (Wildman–Crippen LogP) is 3.29. The van der Waals surface area contributed by atoms with E-state index >= 15 is 0 Å². The van der Waals surface area contributed by atoms with E-state index < -0.39 is 31.5 Å². The Labute approximate surface area is 166 Å². The molecule has 0 saturated carbocycles. The van der Waals surface area contributed by atoms with Crippen molar-refractivity contribution in [3.8, 4) is 0 Å². The zero-order valence-electron chi connectivity index (χ0n) is 13.6. The van der Waals surface area contributed by atoms with Crippen LogP contribution >= 0.6 is 23.2 Å². The maximum absolute atomic E-state index is 13.0. The maximum atomic E-state index is 13.0. The van der Waals surface area contributed by atoms with Gasteiger partial charge in [0.2, 0.25) is 0 Å². The molecule has 0 amide bonds. The molecular weight excluding hydrogens is 431 g/mol. The van der Waals surface area contributed by atoms with Crippen LogP contribution in [0.1, 0.15) is 0 Å². The van der Waals surface area contributed by atoms with Crippen LogP contribution in [0.15, 0.2) is 47.8 Å². The summed E-state index contributed by atoms with van der Waals surface area (Å²) < 4.78 is 29.3. The van der Waals surface area contributed by atoms with Crippen LogP contribution in [0.5, 0.6) is 0 Å². The molecule has 142 valence electrons. The molecule has 2 heterocycles. The molecule has 0 aliphatic carbocycles. The molecule has 0 fully saturated rings. The second-order valence-corrected chi connectivity index (χ2v) is 7.99. The summed E-state index contributed by atoms with van der Waals surface area (Å²) in [4.78, 5) is 14.7. The summed E-state index contributed by atoms with van der Waals surface area (Å²) in [5.41, 5.74) is 0.136. The van der Waals surface area contributed by atoms with Crippen molar-refractivity contribution in [3.63, 3.8) is 0 Å². The molecule has 0 aliphatic rings. The SMILES string of the molecule is O=[N+]([O-])c1c(Cl)cc(Cl)cc1NS(=O)(=O)c1nnc2cnc3ccccc3n12. The van der Waals surface area contributed by atoms with E-state index in [4.69, 9.17) is 23.2 Å².